The van der Waals surface area contributed by atoms with Crippen molar-refractivity contribution in [1.82, 2.24) is 14.9 Å². The minimum Gasteiger partial charge on any atom is -0.493 e. The van der Waals surface area contributed by atoms with Crippen molar-refractivity contribution in [2.45, 2.75) is 46.6 Å². The van der Waals surface area contributed by atoms with Crippen LogP contribution in [-0.2, 0) is 16.6 Å². The van der Waals surface area contributed by atoms with Crippen LogP contribution < -0.4 is 15.4 Å². The molecule has 0 unspecified atom stereocenters. The van der Waals surface area contributed by atoms with E-state index >= 15 is 0 Å². The van der Waals surface area contributed by atoms with E-state index in [9.17, 15) is 8.42 Å². The third-order valence-electron chi connectivity index (χ3n) is 4.93. The van der Waals surface area contributed by atoms with Crippen molar-refractivity contribution in [3.63, 3.8) is 0 Å². The van der Waals surface area contributed by atoms with Gasteiger partial charge in [-0.3, -0.25) is 0 Å². The number of ether oxygens (including phenoxy) is 1. The Labute approximate surface area is 176 Å². The Kier molecular flexibility index (Phi) is 9.23. The van der Waals surface area contributed by atoms with E-state index in [1.54, 1.807) is 14.0 Å². The second kappa shape index (κ2) is 11.4. The number of hydrogen-bond donors (Lipinski definition) is 2. The van der Waals surface area contributed by atoms with E-state index < -0.39 is 10.0 Å². The average molecular weight is 425 g/mol. The smallest absolute Gasteiger partial charge is 0.213 e. The van der Waals surface area contributed by atoms with Crippen LogP contribution in [0.1, 0.15) is 44.2 Å². The van der Waals surface area contributed by atoms with Crippen molar-refractivity contribution in [2.24, 2.45) is 10.9 Å². The predicted octanol–water partition coefficient (Wildman–Crippen LogP) is 2.51. The van der Waals surface area contributed by atoms with Crippen molar-refractivity contribution in [1.29, 1.82) is 0 Å². The number of nitrogens with zero attached hydrogens (tertiary/aromatic N) is 2. The van der Waals surface area contributed by atoms with E-state index in [1.807, 2.05) is 6.92 Å². The zero-order valence-corrected chi connectivity index (χ0v) is 19.0. The molecule has 0 spiro atoms. The normalized spacial score (nSPS) is 14.9. The molecule has 29 heavy (non-hydrogen) atoms. The third kappa shape index (κ3) is 8.22. The van der Waals surface area contributed by atoms with Crippen molar-refractivity contribution in [3.8, 4) is 5.75 Å². The molecule has 1 saturated carbocycles. The molecule has 0 heterocycles. The molecule has 1 aromatic carbocycles. The molecule has 0 aromatic heterocycles. The fourth-order valence-electron chi connectivity index (χ4n) is 2.79. The standard InChI is InChI=1S/C21H36N4O3S/c1-5-22-21(23-12-7-13-25(4)29(26,27)6-2)24-15-19-11-8-17(3)14-20(19)28-16-18-9-10-18/h8,11,14,18H,5-7,9-10,12-13,15-16H2,1-4H3,(H2,22,23,24). The molecular formula is C21H36N4O3S. The van der Waals surface area contributed by atoms with Gasteiger partial charge in [0.15, 0.2) is 5.96 Å². The molecule has 0 aliphatic heterocycles. The summed E-state index contributed by atoms with van der Waals surface area (Å²) in [6.07, 6.45) is 3.24. The van der Waals surface area contributed by atoms with Gasteiger partial charge in [0.2, 0.25) is 10.0 Å². The Morgan fingerprint density at radius 1 is 1.28 bits per heavy atom. The van der Waals surface area contributed by atoms with Crippen LogP contribution in [0.3, 0.4) is 0 Å². The van der Waals surface area contributed by atoms with Gasteiger partial charge in [0, 0.05) is 32.2 Å². The maximum atomic E-state index is 11.8. The fraction of sp³-hybridized carbons (Fsp3) is 0.667. The second-order valence-electron chi connectivity index (χ2n) is 7.56. The molecule has 0 bridgehead atoms. The van der Waals surface area contributed by atoms with E-state index in [0.29, 0.717) is 32.0 Å². The highest BCUT2D eigenvalue weighted by Crippen LogP contribution is 2.30. The Balaban J connectivity index is 1.89. The molecule has 0 saturated heterocycles. The van der Waals surface area contributed by atoms with Crippen molar-refractivity contribution in [3.05, 3.63) is 29.3 Å². The number of hydrogen-bond acceptors (Lipinski definition) is 4. The molecule has 8 heteroatoms. The summed E-state index contributed by atoms with van der Waals surface area (Å²) < 4.78 is 31.0. The maximum Gasteiger partial charge on any atom is 0.213 e. The van der Waals surface area contributed by atoms with Gasteiger partial charge in [-0.2, -0.15) is 0 Å². The third-order valence-corrected chi connectivity index (χ3v) is 6.79. The van der Waals surface area contributed by atoms with Gasteiger partial charge < -0.3 is 15.4 Å². The number of guanidine groups is 1. The van der Waals surface area contributed by atoms with Gasteiger partial charge in [-0.05, 0) is 57.6 Å². The summed E-state index contributed by atoms with van der Waals surface area (Å²) in [7, 11) is -1.50. The first kappa shape index (κ1) is 23.5. The predicted molar refractivity (Wildman–Crippen MR) is 119 cm³/mol. The van der Waals surface area contributed by atoms with Crippen molar-refractivity contribution in [2.75, 3.05) is 39.0 Å². The summed E-state index contributed by atoms with van der Waals surface area (Å²) >= 11 is 0. The van der Waals surface area contributed by atoms with Gasteiger partial charge in [0.25, 0.3) is 0 Å². The first-order chi connectivity index (χ1) is 13.9. The number of benzene rings is 1. The Bertz CT molecular complexity index is 776. The van der Waals surface area contributed by atoms with Crippen LogP contribution in [0.2, 0.25) is 0 Å². The van der Waals surface area contributed by atoms with Crippen LogP contribution in [0.4, 0.5) is 0 Å². The van der Waals surface area contributed by atoms with Crippen molar-refractivity contribution < 1.29 is 13.2 Å². The summed E-state index contributed by atoms with van der Waals surface area (Å²) in [5.74, 6) is 2.48. The summed E-state index contributed by atoms with van der Waals surface area (Å²) in [6.45, 7) is 8.95. The van der Waals surface area contributed by atoms with Gasteiger partial charge in [0.05, 0.1) is 18.9 Å². The molecule has 1 aliphatic rings. The molecule has 1 fully saturated rings. The molecule has 0 amide bonds. The molecule has 0 atom stereocenters. The lowest BCUT2D eigenvalue weighted by Crippen LogP contribution is -2.39. The van der Waals surface area contributed by atoms with E-state index in [1.165, 1.54) is 22.7 Å². The number of rotatable bonds is 12. The highest BCUT2D eigenvalue weighted by molar-refractivity contribution is 7.89. The summed E-state index contributed by atoms with van der Waals surface area (Å²) in [5, 5.41) is 6.52. The molecule has 0 radical (unpaired) electrons. The van der Waals surface area contributed by atoms with Gasteiger partial charge in [-0.15, -0.1) is 0 Å². The van der Waals surface area contributed by atoms with E-state index in [2.05, 4.69) is 40.7 Å². The number of sulfonamides is 1. The van der Waals surface area contributed by atoms with Crippen LogP contribution in [-0.4, -0.2) is 57.7 Å². The molecule has 7 nitrogen and oxygen atoms in total. The van der Waals surface area contributed by atoms with Crippen LogP contribution in [0.5, 0.6) is 5.75 Å². The van der Waals surface area contributed by atoms with Crippen LogP contribution in [0.15, 0.2) is 23.2 Å². The quantitative estimate of drug-likeness (QED) is 0.306. The summed E-state index contributed by atoms with van der Waals surface area (Å²) in [6, 6.07) is 6.24. The lowest BCUT2D eigenvalue weighted by atomic mass is 10.1. The van der Waals surface area contributed by atoms with Gasteiger partial charge >= 0.3 is 0 Å². The second-order valence-corrected chi connectivity index (χ2v) is 9.93. The molecule has 1 aliphatic carbocycles. The average Bonchev–Trinajstić information content (AvgIpc) is 3.52. The highest BCUT2D eigenvalue weighted by atomic mass is 32.2. The monoisotopic (exact) mass is 424 g/mol. The maximum absolute atomic E-state index is 11.8. The molecule has 2 N–H and O–H groups in total. The minimum atomic E-state index is -3.13. The summed E-state index contributed by atoms with van der Waals surface area (Å²) in [4.78, 5) is 4.68. The molecule has 2 rings (SSSR count). The largest absolute Gasteiger partial charge is 0.493 e. The number of nitrogens with one attached hydrogen (secondary N) is 2. The zero-order valence-electron chi connectivity index (χ0n) is 18.2. The molecule has 1 aromatic rings. The lowest BCUT2D eigenvalue weighted by molar-refractivity contribution is 0.296. The number of aryl methyl sites for hydroxylation is 1. The molecular weight excluding hydrogens is 388 g/mol. The Hall–Kier alpha value is -1.80. The topological polar surface area (TPSA) is 83.0 Å². The van der Waals surface area contributed by atoms with E-state index in [0.717, 1.165) is 30.4 Å². The van der Waals surface area contributed by atoms with Crippen LogP contribution in [0.25, 0.3) is 0 Å². The first-order valence-electron chi connectivity index (χ1n) is 10.5. The van der Waals surface area contributed by atoms with Gasteiger partial charge in [0.1, 0.15) is 5.75 Å². The zero-order chi connectivity index (χ0) is 21.3. The lowest BCUT2D eigenvalue weighted by Gasteiger charge is -2.17. The van der Waals surface area contributed by atoms with Gasteiger partial charge in [-0.25, -0.2) is 17.7 Å². The van der Waals surface area contributed by atoms with Gasteiger partial charge in [-0.1, -0.05) is 12.1 Å². The van der Waals surface area contributed by atoms with Crippen LogP contribution in [0, 0.1) is 12.8 Å². The summed E-state index contributed by atoms with van der Waals surface area (Å²) in [5.41, 5.74) is 2.25. The van der Waals surface area contributed by atoms with Crippen molar-refractivity contribution >= 4 is 16.0 Å². The first-order valence-corrected chi connectivity index (χ1v) is 12.1. The molecule has 164 valence electrons. The minimum absolute atomic E-state index is 0.128. The van der Waals surface area contributed by atoms with Crippen LogP contribution >= 0.6 is 0 Å². The Morgan fingerprint density at radius 2 is 2.03 bits per heavy atom. The SMILES string of the molecule is CCNC(=NCc1ccc(C)cc1OCC1CC1)NCCCN(C)S(=O)(=O)CC. The Morgan fingerprint density at radius 3 is 2.69 bits per heavy atom. The number of aliphatic imine (C=N–C) groups is 1. The van der Waals surface area contributed by atoms with E-state index in [4.69, 9.17) is 4.74 Å². The highest BCUT2D eigenvalue weighted by Gasteiger charge is 2.22. The van der Waals surface area contributed by atoms with E-state index in [-0.39, 0.29) is 5.75 Å². The fourth-order valence-corrected chi connectivity index (χ4v) is 3.64.